The van der Waals surface area contributed by atoms with Crippen LogP contribution in [0.25, 0.3) is 23.1 Å². The van der Waals surface area contributed by atoms with Crippen molar-refractivity contribution in [2.45, 2.75) is 6.61 Å². The number of H-pyrrole nitrogens is 1. The minimum absolute atomic E-state index is 0.527. The Bertz CT molecular complexity index is 1120. The fraction of sp³-hybridized carbons (Fsp3) is 0.154. The fourth-order valence-electron chi connectivity index (χ4n) is 3.22. The van der Waals surface area contributed by atoms with Gasteiger partial charge in [-0.05, 0) is 48.0 Å². The highest BCUT2D eigenvalue weighted by molar-refractivity contribution is 5.85. The summed E-state index contributed by atoms with van der Waals surface area (Å²) in [6.45, 7) is 1.65. The van der Waals surface area contributed by atoms with Gasteiger partial charge in [-0.2, -0.15) is 0 Å². The van der Waals surface area contributed by atoms with Crippen LogP contribution in [0.1, 0.15) is 16.8 Å². The molecule has 0 unspecified atom stereocenters. The monoisotopic (exact) mass is 399 g/mol. The minimum Gasteiger partial charge on any atom is -0.491 e. The van der Waals surface area contributed by atoms with Gasteiger partial charge in [-0.1, -0.05) is 48.5 Å². The van der Waals surface area contributed by atoms with Gasteiger partial charge < -0.3 is 19.2 Å². The molecule has 0 bridgehead atoms. The number of benzene rings is 3. The number of para-hydroxylation sites is 1. The Morgan fingerprint density at radius 2 is 1.63 bits per heavy atom. The Kier molecular flexibility index (Phi) is 6.47. The van der Waals surface area contributed by atoms with Gasteiger partial charge in [0.05, 0.1) is 6.61 Å². The van der Waals surface area contributed by atoms with E-state index in [0.717, 1.165) is 39.2 Å². The van der Waals surface area contributed by atoms with E-state index in [0.29, 0.717) is 19.8 Å². The topological polar surface area (TPSA) is 43.5 Å². The van der Waals surface area contributed by atoms with Crippen molar-refractivity contribution >= 4 is 23.1 Å². The lowest BCUT2D eigenvalue weighted by molar-refractivity contribution is 0.146. The van der Waals surface area contributed by atoms with Crippen molar-refractivity contribution in [1.82, 2.24) is 4.98 Å². The summed E-state index contributed by atoms with van der Waals surface area (Å²) in [6, 6.07) is 26.4. The van der Waals surface area contributed by atoms with Gasteiger partial charge in [-0.25, -0.2) is 0 Å². The lowest BCUT2D eigenvalue weighted by Crippen LogP contribution is -2.04. The molecule has 3 aromatic carbocycles. The third-order valence-corrected chi connectivity index (χ3v) is 4.77. The van der Waals surface area contributed by atoms with Gasteiger partial charge in [0, 0.05) is 29.3 Å². The number of fused-ring (bicyclic) bond motifs is 1. The second-order valence-corrected chi connectivity index (χ2v) is 6.96. The standard InChI is InChI=1S/C26H25NO3/c1-28-15-16-29-26-10-6-5-9-21(26)11-12-23-17-22-18-24(13-14-25(22)27-23)30-19-20-7-3-2-4-8-20/h2-14,17-18,27H,15-16,19H2,1H3. The number of nitrogens with one attached hydrogen (secondary N) is 1. The van der Waals surface area contributed by atoms with E-state index < -0.39 is 0 Å². The van der Waals surface area contributed by atoms with E-state index in [1.165, 1.54) is 0 Å². The number of aromatic nitrogens is 1. The maximum atomic E-state index is 5.94. The molecule has 1 N–H and O–H groups in total. The van der Waals surface area contributed by atoms with Crippen LogP contribution >= 0.6 is 0 Å². The van der Waals surface area contributed by atoms with Crippen LogP contribution in [0.2, 0.25) is 0 Å². The molecule has 4 nitrogen and oxygen atoms in total. The van der Waals surface area contributed by atoms with Crippen LogP contribution in [0.4, 0.5) is 0 Å². The van der Waals surface area contributed by atoms with Gasteiger partial charge in [0.15, 0.2) is 0 Å². The minimum atomic E-state index is 0.527. The molecule has 0 saturated heterocycles. The SMILES string of the molecule is COCCOc1ccccc1C=Cc1cc2cc(OCc3ccccc3)ccc2[nH]1. The van der Waals surface area contributed by atoms with Crippen molar-refractivity contribution in [2.24, 2.45) is 0 Å². The van der Waals surface area contributed by atoms with E-state index in [1.807, 2.05) is 48.5 Å². The van der Waals surface area contributed by atoms with E-state index in [-0.39, 0.29) is 0 Å². The number of ether oxygens (including phenoxy) is 3. The molecular formula is C26H25NO3. The number of rotatable bonds is 9. The maximum Gasteiger partial charge on any atom is 0.126 e. The Hall–Kier alpha value is -3.50. The number of hydrogen-bond donors (Lipinski definition) is 1. The van der Waals surface area contributed by atoms with Gasteiger partial charge in [-0.3, -0.25) is 0 Å². The summed E-state index contributed by atoms with van der Waals surface area (Å²) in [6.07, 6.45) is 4.11. The molecule has 4 rings (SSSR count). The third-order valence-electron chi connectivity index (χ3n) is 4.77. The summed E-state index contributed by atoms with van der Waals surface area (Å²) in [4.78, 5) is 3.44. The Morgan fingerprint density at radius 1 is 0.800 bits per heavy atom. The fourth-order valence-corrected chi connectivity index (χ4v) is 3.22. The van der Waals surface area contributed by atoms with E-state index in [1.54, 1.807) is 7.11 Å². The van der Waals surface area contributed by atoms with Crippen molar-refractivity contribution in [2.75, 3.05) is 20.3 Å². The highest BCUT2D eigenvalue weighted by Gasteiger charge is 2.03. The first-order valence-electron chi connectivity index (χ1n) is 10.0. The molecule has 1 aromatic heterocycles. The molecule has 0 fully saturated rings. The van der Waals surface area contributed by atoms with Gasteiger partial charge in [0.25, 0.3) is 0 Å². The van der Waals surface area contributed by atoms with Crippen LogP contribution in [0.5, 0.6) is 11.5 Å². The van der Waals surface area contributed by atoms with E-state index >= 15 is 0 Å². The molecule has 0 atom stereocenters. The zero-order chi connectivity index (χ0) is 20.6. The quantitative estimate of drug-likeness (QED) is 0.354. The first-order valence-corrected chi connectivity index (χ1v) is 10.0. The van der Waals surface area contributed by atoms with Crippen LogP contribution in [0, 0.1) is 0 Å². The summed E-state index contributed by atoms with van der Waals surface area (Å²) in [7, 11) is 1.67. The van der Waals surface area contributed by atoms with Crippen LogP contribution in [-0.2, 0) is 11.3 Å². The number of hydrogen-bond acceptors (Lipinski definition) is 3. The number of methoxy groups -OCH3 is 1. The van der Waals surface area contributed by atoms with Crippen molar-refractivity contribution < 1.29 is 14.2 Å². The van der Waals surface area contributed by atoms with Crippen molar-refractivity contribution in [3.8, 4) is 11.5 Å². The molecule has 152 valence electrons. The predicted molar refractivity (Wildman–Crippen MR) is 122 cm³/mol. The first kappa shape index (κ1) is 19.8. The van der Waals surface area contributed by atoms with E-state index in [2.05, 4.69) is 47.5 Å². The average Bonchev–Trinajstić information content (AvgIpc) is 3.20. The van der Waals surface area contributed by atoms with E-state index in [4.69, 9.17) is 14.2 Å². The molecule has 30 heavy (non-hydrogen) atoms. The molecule has 0 aliphatic heterocycles. The molecule has 0 aliphatic rings. The van der Waals surface area contributed by atoms with Crippen LogP contribution in [0.15, 0.2) is 78.9 Å². The Balaban J connectivity index is 1.46. The Morgan fingerprint density at radius 3 is 2.50 bits per heavy atom. The van der Waals surface area contributed by atoms with Gasteiger partial charge in [0.1, 0.15) is 24.7 Å². The van der Waals surface area contributed by atoms with Gasteiger partial charge in [-0.15, -0.1) is 0 Å². The molecule has 4 heteroatoms. The molecule has 0 spiro atoms. The van der Waals surface area contributed by atoms with Gasteiger partial charge >= 0.3 is 0 Å². The summed E-state index contributed by atoms with van der Waals surface area (Å²) < 4.78 is 16.8. The largest absolute Gasteiger partial charge is 0.491 e. The highest BCUT2D eigenvalue weighted by atomic mass is 16.5. The molecular weight excluding hydrogens is 374 g/mol. The van der Waals surface area contributed by atoms with Crippen LogP contribution in [-0.4, -0.2) is 25.3 Å². The van der Waals surface area contributed by atoms with Crippen LogP contribution < -0.4 is 9.47 Å². The first-order chi connectivity index (χ1) is 14.8. The lowest BCUT2D eigenvalue weighted by Gasteiger charge is -2.08. The third kappa shape index (κ3) is 5.10. The van der Waals surface area contributed by atoms with Crippen LogP contribution in [0.3, 0.4) is 0 Å². The summed E-state index contributed by atoms with van der Waals surface area (Å²) in [5.41, 5.74) is 4.28. The second kappa shape index (κ2) is 9.81. The van der Waals surface area contributed by atoms with Crippen molar-refractivity contribution in [1.29, 1.82) is 0 Å². The highest BCUT2D eigenvalue weighted by Crippen LogP contribution is 2.25. The van der Waals surface area contributed by atoms with E-state index in [9.17, 15) is 0 Å². The molecule has 1 heterocycles. The number of aromatic amines is 1. The Labute approximate surface area is 176 Å². The van der Waals surface area contributed by atoms with Crippen molar-refractivity contribution in [3.63, 3.8) is 0 Å². The zero-order valence-corrected chi connectivity index (χ0v) is 17.0. The zero-order valence-electron chi connectivity index (χ0n) is 17.0. The maximum absolute atomic E-state index is 5.94. The molecule has 4 aromatic rings. The second-order valence-electron chi connectivity index (χ2n) is 6.96. The molecule has 0 amide bonds. The summed E-state index contributed by atoms with van der Waals surface area (Å²) in [5, 5.41) is 1.12. The summed E-state index contributed by atoms with van der Waals surface area (Å²) in [5.74, 6) is 1.70. The smallest absolute Gasteiger partial charge is 0.126 e. The molecule has 0 saturated carbocycles. The lowest BCUT2D eigenvalue weighted by atomic mass is 10.1. The average molecular weight is 399 g/mol. The summed E-state index contributed by atoms with van der Waals surface area (Å²) >= 11 is 0. The van der Waals surface area contributed by atoms with Crippen molar-refractivity contribution in [3.05, 3.63) is 95.7 Å². The predicted octanol–water partition coefficient (Wildman–Crippen LogP) is 5.94. The molecule has 0 radical (unpaired) electrons. The van der Waals surface area contributed by atoms with Gasteiger partial charge in [0.2, 0.25) is 0 Å². The molecule has 0 aliphatic carbocycles. The normalized spacial score (nSPS) is 11.2.